The molecule has 0 aliphatic heterocycles. The van der Waals surface area contributed by atoms with Crippen molar-refractivity contribution in [3.8, 4) is 23.1 Å². The molecule has 1 unspecified atom stereocenters. The summed E-state index contributed by atoms with van der Waals surface area (Å²) in [4.78, 5) is 15.6. The van der Waals surface area contributed by atoms with Gasteiger partial charge in [0.25, 0.3) is 0 Å². The van der Waals surface area contributed by atoms with E-state index in [9.17, 15) is 9.18 Å². The van der Waals surface area contributed by atoms with Gasteiger partial charge in [-0.2, -0.15) is 0 Å². The molecule has 1 aromatic heterocycles. The molecule has 0 saturated carbocycles. The summed E-state index contributed by atoms with van der Waals surface area (Å²) < 4.78 is 14.4. The minimum Gasteiger partial charge on any atom is -0.300 e. The maximum atomic E-state index is 14.4. The Morgan fingerprint density at radius 1 is 1.19 bits per heavy atom. The molecule has 0 bridgehead atoms. The number of hydrogen-bond donors (Lipinski definition) is 0. The van der Waals surface area contributed by atoms with Crippen molar-refractivity contribution in [1.82, 2.24) is 4.98 Å². The van der Waals surface area contributed by atoms with Crippen LogP contribution in [0.15, 0.2) is 36.5 Å². The maximum Gasteiger partial charge on any atom is 0.133 e. The van der Waals surface area contributed by atoms with Crippen LogP contribution >= 0.6 is 0 Å². The Kier molecular flexibility index (Phi) is 8.20. The molecule has 2 aromatic rings. The summed E-state index contributed by atoms with van der Waals surface area (Å²) in [5.74, 6) is 5.98. The van der Waals surface area contributed by atoms with Crippen LogP contribution in [0.4, 0.5) is 4.39 Å². The molecule has 0 N–H and O–H groups in total. The predicted octanol–water partition coefficient (Wildman–Crippen LogP) is 5.98. The zero-order valence-corrected chi connectivity index (χ0v) is 16.5. The van der Waals surface area contributed by atoms with Crippen molar-refractivity contribution >= 4 is 5.78 Å². The molecule has 3 heteroatoms. The largest absolute Gasteiger partial charge is 0.300 e. The fourth-order valence-electron chi connectivity index (χ4n) is 2.74. The highest BCUT2D eigenvalue weighted by atomic mass is 19.1. The molecule has 1 heterocycles. The van der Waals surface area contributed by atoms with Crippen molar-refractivity contribution in [2.45, 2.75) is 59.3 Å². The Morgan fingerprint density at radius 3 is 2.63 bits per heavy atom. The molecule has 27 heavy (non-hydrogen) atoms. The summed E-state index contributed by atoms with van der Waals surface area (Å²) in [6.45, 7) is 5.63. The predicted molar refractivity (Wildman–Crippen MR) is 109 cm³/mol. The molecule has 2 rings (SSSR count). The Hall–Kier alpha value is -2.47. The van der Waals surface area contributed by atoms with Crippen molar-refractivity contribution in [2.75, 3.05) is 0 Å². The zero-order chi connectivity index (χ0) is 19.6. The van der Waals surface area contributed by atoms with E-state index in [1.807, 2.05) is 31.2 Å². The van der Waals surface area contributed by atoms with Gasteiger partial charge in [-0.15, -0.1) is 0 Å². The Labute approximate surface area is 162 Å². The van der Waals surface area contributed by atoms with E-state index in [1.54, 1.807) is 19.2 Å². The first-order valence-corrected chi connectivity index (χ1v) is 9.75. The number of nitrogens with zero attached hydrogens (tertiary/aromatic N) is 1. The Bertz CT molecular complexity index is 815. The number of halogens is 1. The number of hydrogen-bond acceptors (Lipinski definition) is 2. The maximum absolute atomic E-state index is 14.4. The molecular formula is C24H28FNO. The van der Waals surface area contributed by atoms with Crippen molar-refractivity contribution < 1.29 is 9.18 Å². The summed E-state index contributed by atoms with van der Waals surface area (Å²) in [5, 5.41) is 0. The summed E-state index contributed by atoms with van der Waals surface area (Å²) in [6, 6.07) is 9.10. The first kappa shape index (κ1) is 20.8. The Balaban J connectivity index is 2.01. The number of rotatable bonds is 8. The normalized spacial score (nSPS) is 11.6. The second kappa shape index (κ2) is 10.6. The number of aryl methyl sites for hydroxylation is 1. The SMILES string of the molecule is CCCCCCc1ccc(-c2ccc(C#CCC(C)C(C)=O)cn2)cc1F. The van der Waals surface area contributed by atoms with Crippen LogP contribution in [-0.4, -0.2) is 10.8 Å². The molecule has 0 aliphatic rings. The van der Waals surface area contributed by atoms with E-state index >= 15 is 0 Å². The monoisotopic (exact) mass is 365 g/mol. The fraction of sp³-hybridized carbons (Fsp3) is 0.417. The van der Waals surface area contributed by atoms with Crippen molar-refractivity contribution in [1.29, 1.82) is 0 Å². The van der Waals surface area contributed by atoms with Gasteiger partial charge in [0.05, 0.1) is 5.69 Å². The van der Waals surface area contributed by atoms with E-state index in [1.165, 1.54) is 12.8 Å². The van der Waals surface area contributed by atoms with E-state index in [-0.39, 0.29) is 17.5 Å². The molecule has 0 saturated heterocycles. The first-order valence-electron chi connectivity index (χ1n) is 9.75. The highest BCUT2D eigenvalue weighted by Gasteiger charge is 2.07. The van der Waals surface area contributed by atoms with Crippen LogP contribution in [0.3, 0.4) is 0 Å². The Morgan fingerprint density at radius 2 is 2.00 bits per heavy atom. The van der Waals surface area contributed by atoms with Gasteiger partial charge in [-0.25, -0.2) is 4.39 Å². The number of unbranched alkanes of at least 4 members (excludes halogenated alkanes) is 3. The van der Waals surface area contributed by atoms with Gasteiger partial charge in [0.1, 0.15) is 11.6 Å². The first-order chi connectivity index (χ1) is 13.0. The summed E-state index contributed by atoms with van der Waals surface area (Å²) in [7, 11) is 0. The van der Waals surface area contributed by atoms with Crippen LogP contribution in [-0.2, 0) is 11.2 Å². The molecule has 1 atom stereocenters. The van der Waals surface area contributed by atoms with Gasteiger partial charge in [0.2, 0.25) is 0 Å². The fourth-order valence-corrected chi connectivity index (χ4v) is 2.74. The highest BCUT2D eigenvalue weighted by Crippen LogP contribution is 2.21. The standard InChI is InChI=1S/C24H28FNO/c1-4-5-6-7-11-21-13-14-22(16-23(21)25)24-15-12-20(17-26-24)10-8-9-18(2)19(3)27/h12-18H,4-7,9,11H2,1-3H3. The number of benzene rings is 1. The zero-order valence-electron chi connectivity index (χ0n) is 16.5. The van der Waals surface area contributed by atoms with E-state index in [4.69, 9.17) is 0 Å². The average molecular weight is 365 g/mol. The van der Waals surface area contributed by atoms with Crippen LogP contribution < -0.4 is 0 Å². The van der Waals surface area contributed by atoms with E-state index in [0.29, 0.717) is 6.42 Å². The lowest BCUT2D eigenvalue weighted by atomic mass is 10.0. The van der Waals surface area contributed by atoms with Gasteiger partial charge in [-0.3, -0.25) is 9.78 Å². The minimum atomic E-state index is -0.159. The number of carbonyl (C=O) groups is 1. The lowest BCUT2D eigenvalue weighted by Crippen LogP contribution is -2.04. The second-order valence-electron chi connectivity index (χ2n) is 7.07. The molecule has 0 amide bonds. The third-order valence-electron chi connectivity index (χ3n) is 4.75. The molecule has 0 aliphatic carbocycles. The number of pyridine rings is 1. The van der Waals surface area contributed by atoms with Crippen LogP contribution in [0.5, 0.6) is 0 Å². The summed E-state index contributed by atoms with van der Waals surface area (Å²) in [6.07, 6.45) is 7.58. The third-order valence-corrected chi connectivity index (χ3v) is 4.75. The van der Waals surface area contributed by atoms with Gasteiger partial charge in [-0.05, 0) is 43.5 Å². The van der Waals surface area contributed by atoms with E-state index in [2.05, 4.69) is 23.7 Å². The summed E-state index contributed by atoms with van der Waals surface area (Å²) in [5.41, 5.74) is 3.07. The molecule has 0 radical (unpaired) electrons. The lowest BCUT2D eigenvalue weighted by molar-refractivity contribution is -0.120. The molecule has 1 aromatic carbocycles. The van der Waals surface area contributed by atoms with Crippen LogP contribution in [0.1, 0.15) is 64.0 Å². The van der Waals surface area contributed by atoms with Gasteiger partial charge >= 0.3 is 0 Å². The van der Waals surface area contributed by atoms with E-state index in [0.717, 1.165) is 41.6 Å². The molecule has 142 valence electrons. The van der Waals surface area contributed by atoms with Crippen LogP contribution in [0.2, 0.25) is 0 Å². The molecular weight excluding hydrogens is 337 g/mol. The number of aromatic nitrogens is 1. The molecule has 0 spiro atoms. The molecule has 0 fully saturated rings. The smallest absolute Gasteiger partial charge is 0.133 e. The van der Waals surface area contributed by atoms with Crippen LogP contribution in [0.25, 0.3) is 11.3 Å². The quantitative estimate of drug-likeness (QED) is 0.426. The van der Waals surface area contributed by atoms with Crippen molar-refractivity contribution in [2.24, 2.45) is 5.92 Å². The van der Waals surface area contributed by atoms with Gasteiger partial charge in [0, 0.05) is 29.7 Å². The van der Waals surface area contributed by atoms with Crippen LogP contribution in [0, 0.1) is 23.6 Å². The number of carbonyl (C=O) groups excluding carboxylic acids is 1. The lowest BCUT2D eigenvalue weighted by Gasteiger charge is -2.06. The van der Waals surface area contributed by atoms with Crippen molar-refractivity contribution in [3.05, 3.63) is 53.5 Å². The van der Waals surface area contributed by atoms with Gasteiger partial charge in [0.15, 0.2) is 0 Å². The second-order valence-corrected chi connectivity index (χ2v) is 7.07. The average Bonchev–Trinajstić information content (AvgIpc) is 2.66. The highest BCUT2D eigenvalue weighted by molar-refractivity contribution is 5.78. The van der Waals surface area contributed by atoms with Gasteiger partial charge < -0.3 is 0 Å². The van der Waals surface area contributed by atoms with Crippen molar-refractivity contribution in [3.63, 3.8) is 0 Å². The topological polar surface area (TPSA) is 30.0 Å². The van der Waals surface area contributed by atoms with E-state index < -0.39 is 0 Å². The number of Topliss-reactive ketones (excluding diaryl/α,β-unsaturated/α-hetero) is 1. The molecule has 2 nitrogen and oxygen atoms in total. The number of ketones is 1. The van der Waals surface area contributed by atoms with Gasteiger partial charge in [-0.1, -0.05) is 57.1 Å². The summed E-state index contributed by atoms with van der Waals surface area (Å²) >= 11 is 0. The third kappa shape index (κ3) is 6.64. The minimum absolute atomic E-state index is 0.0480.